The minimum atomic E-state index is -1.88. The van der Waals surface area contributed by atoms with E-state index in [0.29, 0.717) is 17.3 Å². The van der Waals surface area contributed by atoms with E-state index >= 15 is 0 Å². The summed E-state index contributed by atoms with van der Waals surface area (Å²) in [4.78, 5) is 28.3. The van der Waals surface area contributed by atoms with E-state index in [1.54, 1.807) is 13.8 Å². The molecule has 0 spiro atoms. The van der Waals surface area contributed by atoms with Crippen molar-refractivity contribution >= 4 is 17.7 Å². The summed E-state index contributed by atoms with van der Waals surface area (Å²) in [5, 5.41) is 0.0520. The number of aromatic nitrogens is 2. The van der Waals surface area contributed by atoms with E-state index in [4.69, 9.17) is 0 Å². The number of rotatable bonds is 4. The van der Waals surface area contributed by atoms with E-state index in [-0.39, 0.29) is 17.3 Å². The molecule has 1 unspecified atom stereocenters. The zero-order valence-electron chi connectivity index (χ0n) is 8.82. The smallest absolute Gasteiger partial charge is 0.351 e. The fraction of sp³-hybridized carbons (Fsp3) is 0.444. The summed E-state index contributed by atoms with van der Waals surface area (Å²) < 4.78 is 17.7. The molecule has 0 aliphatic rings. The van der Waals surface area contributed by atoms with E-state index in [1.807, 2.05) is 0 Å². The summed E-state index contributed by atoms with van der Waals surface area (Å²) in [5.74, 6) is -0.976. The summed E-state index contributed by atoms with van der Waals surface area (Å²) in [6, 6.07) is 0. The third-order valence-corrected chi connectivity index (χ3v) is 2.47. The van der Waals surface area contributed by atoms with Crippen LogP contribution in [0.2, 0.25) is 0 Å². The van der Waals surface area contributed by atoms with Crippen LogP contribution < -0.4 is 5.56 Å². The first-order chi connectivity index (χ1) is 7.54. The molecule has 0 aliphatic carbocycles. The number of hydrogen-bond donors (Lipinski definition) is 1. The van der Waals surface area contributed by atoms with Gasteiger partial charge in [-0.3, -0.25) is 4.79 Å². The SMILES string of the molecule is CCOC(=O)C(F)Sc1ncc(C)c(=O)[nH]1. The molecular weight excluding hydrogens is 235 g/mol. The topological polar surface area (TPSA) is 72.0 Å². The van der Waals surface area contributed by atoms with E-state index < -0.39 is 11.5 Å². The lowest BCUT2D eigenvalue weighted by Gasteiger charge is -2.06. The maximum Gasteiger partial charge on any atom is 0.351 e. The minimum absolute atomic E-state index is 0.0520. The molecule has 1 N–H and O–H groups in total. The van der Waals surface area contributed by atoms with Gasteiger partial charge in [0.25, 0.3) is 5.56 Å². The molecule has 0 aromatic carbocycles. The zero-order valence-corrected chi connectivity index (χ0v) is 9.64. The Kier molecular flexibility index (Phi) is 4.48. The third kappa shape index (κ3) is 3.34. The number of carbonyl (C=O) groups excluding carboxylic acids is 1. The summed E-state index contributed by atoms with van der Waals surface area (Å²) in [5.41, 5.74) is -1.81. The molecule has 0 radical (unpaired) electrons. The van der Waals surface area contributed by atoms with Crippen molar-refractivity contribution in [3.63, 3.8) is 0 Å². The van der Waals surface area contributed by atoms with Crippen molar-refractivity contribution in [1.29, 1.82) is 0 Å². The highest BCUT2D eigenvalue weighted by molar-refractivity contribution is 8.00. The molecule has 7 heteroatoms. The van der Waals surface area contributed by atoms with Gasteiger partial charge >= 0.3 is 5.97 Å². The molecular formula is C9H11FN2O3S. The third-order valence-electron chi connectivity index (χ3n) is 1.64. The largest absolute Gasteiger partial charge is 0.463 e. The predicted octanol–water partition coefficient (Wildman–Crippen LogP) is 1.03. The molecule has 16 heavy (non-hydrogen) atoms. The first-order valence-corrected chi connectivity index (χ1v) is 5.46. The Labute approximate surface area is 95.4 Å². The molecule has 0 fully saturated rings. The second-order valence-electron chi connectivity index (χ2n) is 2.89. The summed E-state index contributed by atoms with van der Waals surface area (Å²) in [7, 11) is 0. The molecule has 0 saturated carbocycles. The van der Waals surface area contributed by atoms with Gasteiger partial charge in [0, 0.05) is 11.8 Å². The monoisotopic (exact) mass is 246 g/mol. The standard InChI is InChI=1S/C9H11FN2O3S/c1-3-15-8(14)6(10)16-9-11-4-5(2)7(13)12-9/h4,6H,3H2,1-2H3,(H,11,12,13). The first-order valence-electron chi connectivity index (χ1n) is 4.58. The van der Waals surface area contributed by atoms with Crippen LogP contribution in [0.25, 0.3) is 0 Å². The van der Waals surface area contributed by atoms with Crippen LogP contribution in [0.1, 0.15) is 12.5 Å². The number of hydrogen-bond acceptors (Lipinski definition) is 5. The van der Waals surface area contributed by atoms with E-state index in [1.165, 1.54) is 6.20 Å². The second kappa shape index (κ2) is 5.64. The van der Waals surface area contributed by atoms with Gasteiger partial charge in [0.15, 0.2) is 5.16 Å². The van der Waals surface area contributed by atoms with E-state index in [2.05, 4.69) is 14.7 Å². The molecule has 1 aromatic heterocycles. The quantitative estimate of drug-likeness (QED) is 0.488. The number of esters is 1. The molecule has 0 amide bonds. The van der Waals surface area contributed by atoms with Crippen molar-refractivity contribution in [1.82, 2.24) is 9.97 Å². The van der Waals surface area contributed by atoms with Gasteiger partial charge in [0.1, 0.15) is 0 Å². The van der Waals surface area contributed by atoms with Crippen LogP contribution in [-0.4, -0.2) is 28.0 Å². The number of ether oxygens (including phenoxy) is 1. The van der Waals surface area contributed by atoms with Crippen LogP contribution in [0, 0.1) is 6.92 Å². The molecule has 1 atom stereocenters. The fourth-order valence-corrected chi connectivity index (χ4v) is 1.48. The van der Waals surface area contributed by atoms with Gasteiger partial charge in [-0.05, 0) is 25.6 Å². The highest BCUT2D eigenvalue weighted by Crippen LogP contribution is 2.20. The van der Waals surface area contributed by atoms with Crippen molar-refractivity contribution < 1.29 is 13.9 Å². The Balaban J connectivity index is 2.69. The van der Waals surface area contributed by atoms with E-state index in [0.717, 1.165) is 0 Å². The first kappa shape index (κ1) is 12.7. The van der Waals surface area contributed by atoms with Crippen LogP contribution in [0.3, 0.4) is 0 Å². The minimum Gasteiger partial charge on any atom is -0.463 e. The second-order valence-corrected chi connectivity index (χ2v) is 3.92. The number of halogens is 1. The molecule has 1 aromatic rings. The van der Waals surface area contributed by atoms with Crippen LogP contribution in [0.5, 0.6) is 0 Å². The van der Waals surface area contributed by atoms with Gasteiger partial charge in [-0.1, -0.05) is 0 Å². The molecule has 1 rings (SSSR count). The van der Waals surface area contributed by atoms with Crippen LogP contribution in [0.15, 0.2) is 16.1 Å². The highest BCUT2D eigenvalue weighted by atomic mass is 32.2. The normalized spacial score (nSPS) is 12.2. The van der Waals surface area contributed by atoms with Crippen molar-refractivity contribution in [2.24, 2.45) is 0 Å². The average Bonchev–Trinajstić information content (AvgIpc) is 2.24. The molecule has 0 aliphatic heterocycles. The van der Waals surface area contributed by atoms with Crippen LogP contribution >= 0.6 is 11.8 Å². The van der Waals surface area contributed by atoms with Crippen molar-refractivity contribution in [2.45, 2.75) is 24.5 Å². The number of aromatic amines is 1. The van der Waals surface area contributed by atoms with Gasteiger partial charge in [-0.25, -0.2) is 14.2 Å². The molecule has 5 nitrogen and oxygen atoms in total. The van der Waals surface area contributed by atoms with E-state index in [9.17, 15) is 14.0 Å². The Bertz CT molecular complexity index is 435. The molecule has 0 bridgehead atoms. The number of alkyl halides is 1. The number of nitrogens with zero attached hydrogens (tertiary/aromatic N) is 1. The van der Waals surface area contributed by atoms with Crippen LogP contribution in [-0.2, 0) is 9.53 Å². The number of nitrogens with one attached hydrogen (secondary N) is 1. The maximum atomic E-state index is 13.2. The summed E-state index contributed by atoms with van der Waals surface area (Å²) >= 11 is 0.507. The van der Waals surface area contributed by atoms with Gasteiger partial charge in [0.2, 0.25) is 5.50 Å². The Morgan fingerprint density at radius 2 is 2.44 bits per heavy atom. The van der Waals surface area contributed by atoms with Crippen LogP contribution in [0.4, 0.5) is 4.39 Å². The number of H-pyrrole nitrogens is 1. The number of aryl methyl sites for hydroxylation is 1. The lowest BCUT2D eigenvalue weighted by molar-refractivity contribution is -0.145. The Hall–Kier alpha value is -1.37. The Morgan fingerprint density at radius 1 is 1.75 bits per heavy atom. The fourth-order valence-electron chi connectivity index (χ4n) is 0.856. The van der Waals surface area contributed by atoms with Gasteiger partial charge < -0.3 is 9.72 Å². The molecule has 1 heterocycles. The van der Waals surface area contributed by atoms with Gasteiger partial charge in [-0.2, -0.15) is 0 Å². The van der Waals surface area contributed by atoms with Crippen molar-refractivity contribution in [3.8, 4) is 0 Å². The zero-order chi connectivity index (χ0) is 12.1. The van der Waals surface area contributed by atoms with Gasteiger partial charge in [0.05, 0.1) is 6.61 Å². The lowest BCUT2D eigenvalue weighted by Crippen LogP contribution is -2.17. The number of carbonyl (C=O) groups is 1. The summed E-state index contributed by atoms with van der Waals surface area (Å²) in [6.07, 6.45) is 1.32. The molecule has 0 saturated heterocycles. The average molecular weight is 246 g/mol. The molecule has 88 valence electrons. The lowest BCUT2D eigenvalue weighted by atomic mass is 10.4. The van der Waals surface area contributed by atoms with Gasteiger partial charge in [-0.15, -0.1) is 0 Å². The number of thioether (sulfide) groups is 1. The Morgan fingerprint density at radius 3 is 3.00 bits per heavy atom. The highest BCUT2D eigenvalue weighted by Gasteiger charge is 2.21. The van der Waals surface area contributed by atoms with Crippen molar-refractivity contribution in [2.75, 3.05) is 6.61 Å². The predicted molar refractivity (Wildman–Crippen MR) is 57.0 cm³/mol. The summed E-state index contributed by atoms with van der Waals surface area (Å²) in [6.45, 7) is 3.28. The maximum absolute atomic E-state index is 13.2. The van der Waals surface area contributed by atoms with Crippen molar-refractivity contribution in [3.05, 3.63) is 22.1 Å².